The molecule has 1 N–H and O–H groups in total. The number of esters is 1. The molecular formula is C13H9ClN4O6. The number of hydrogen-bond acceptors (Lipinski definition) is 8. The topological polar surface area (TPSA) is 131 Å². The van der Waals surface area contributed by atoms with E-state index in [4.69, 9.17) is 11.6 Å². The number of nitro groups is 1. The first-order valence-corrected chi connectivity index (χ1v) is 6.97. The third-order valence-corrected chi connectivity index (χ3v) is 4.02. The van der Waals surface area contributed by atoms with Crippen LogP contribution in [0, 0.1) is 16.0 Å². The van der Waals surface area contributed by atoms with Gasteiger partial charge in [-0.2, -0.15) is 5.10 Å². The summed E-state index contributed by atoms with van der Waals surface area (Å²) < 4.78 is 4.53. The fourth-order valence-electron chi connectivity index (χ4n) is 2.60. The number of methoxy groups -OCH3 is 1. The van der Waals surface area contributed by atoms with Gasteiger partial charge in [-0.1, -0.05) is 11.6 Å². The molecule has 2 atom stereocenters. The molecule has 2 aliphatic rings. The van der Waals surface area contributed by atoms with Gasteiger partial charge in [0.05, 0.1) is 17.7 Å². The number of nitrogens with zero attached hydrogens (tertiary/aromatic N) is 3. The molecule has 2 aliphatic heterocycles. The number of hydrogen-bond donors (Lipinski definition) is 1. The van der Waals surface area contributed by atoms with Crippen LogP contribution in [0.2, 0.25) is 5.02 Å². The second-order valence-corrected chi connectivity index (χ2v) is 5.38. The molecule has 1 fully saturated rings. The predicted molar refractivity (Wildman–Crippen MR) is 80.5 cm³/mol. The fraction of sp³-hybridized carbons (Fsp3) is 0.231. The summed E-state index contributed by atoms with van der Waals surface area (Å²) in [5, 5.41) is 14.5. The summed E-state index contributed by atoms with van der Waals surface area (Å²) in [4.78, 5) is 47.7. The van der Waals surface area contributed by atoms with Crippen molar-refractivity contribution < 1.29 is 24.0 Å². The minimum absolute atomic E-state index is 0.0125. The molecule has 0 spiro atoms. The van der Waals surface area contributed by atoms with Crippen LogP contribution >= 0.6 is 11.6 Å². The van der Waals surface area contributed by atoms with Crippen molar-refractivity contribution in [1.82, 2.24) is 5.43 Å². The lowest BCUT2D eigenvalue weighted by Gasteiger charge is -2.15. The van der Waals surface area contributed by atoms with Crippen LogP contribution in [-0.2, 0) is 19.1 Å². The normalized spacial score (nSPS) is 22.1. The van der Waals surface area contributed by atoms with Gasteiger partial charge in [0.25, 0.3) is 11.6 Å². The Balaban J connectivity index is 2.00. The molecule has 0 unspecified atom stereocenters. The van der Waals surface area contributed by atoms with E-state index < -0.39 is 40.4 Å². The zero-order valence-corrected chi connectivity index (χ0v) is 12.8. The lowest BCUT2D eigenvalue weighted by molar-refractivity contribution is -0.384. The smallest absolute Gasteiger partial charge is 0.355 e. The number of imide groups is 1. The Kier molecular flexibility index (Phi) is 3.68. The van der Waals surface area contributed by atoms with E-state index in [-0.39, 0.29) is 16.4 Å². The minimum atomic E-state index is -1.14. The maximum atomic E-state index is 12.6. The van der Waals surface area contributed by atoms with E-state index >= 15 is 0 Å². The van der Waals surface area contributed by atoms with Crippen LogP contribution < -0.4 is 10.3 Å². The molecule has 124 valence electrons. The molecule has 1 saturated heterocycles. The van der Waals surface area contributed by atoms with E-state index in [1.54, 1.807) is 0 Å². The predicted octanol–water partition coefficient (Wildman–Crippen LogP) is 0.238. The van der Waals surface area contributed by atoms with Gasteiger partial charge >= 0.3 is 5.97 Å². The molecule has 0 bridgehead atoms. The average molecular weight is 353 g/mol. The van der Waals surface area contributed by atoms with Crippen LogP contribution in [0.3, 0.4) is 0 Å². The number of benzene rings is 1. The average Bonchev–Trinajstić information content (AvgIpc) is 3.08. The van der Waals surface area contributed by atoms with E-state index in [0.717, 1.165) is 18.1 Å². The van der Waals surface area contributed by atoms with Gasteiger partial charge in [-0.3, -0.25) is 25.1 Å². The summed E-state index contributed by atoms with van der Waals surface area (Å²) >= 11 is 5.73. The maximum absolute atomic E-state index is 12.6. The molecule has 0 aliphatic carbocycles. The maximum Gasteiger partial charge on any atom is 0.355 e. The summed E-state index contributed by atoms with van der Waals surface area (Å²) in [5.41, 5.74) is 1.76. The van der Waals surface area contributed by atoms with Gasteiger partial charge in [-0.15, -0.1) is 0 Å². The van der Waals surface area contributed by atoms with E-state index in [2.05, 4.69) is 15.3 Å². The van der Waals surface area contributed by atoms with Crippen molar-refractivity contribution in [3.05, 3.63) is 33.3 Å². The Hall–Kier alpha value is -3.01. The highest BCUT2D eigenvalue weighted by atomic mass is 35.5. The lowest BCUT2D eigenvalue weighted by Crippen LogP contribution is -2.36. The number of anilines is 1. The number of carbonyl (C=O) groups excluding carboxylic acids is 3. The van der Waals surface area contributed by atoms with Gasteiger partial charge in [-0.05, 0) is 12.1 Å². The summed E-state index contributed by atoms with van der Waals surface area (Å²) in [7, 11) is 1.12. The second kappa shape index (κ2) is 5.57. The first-order chi connectivity index (χ1) is 11.4. The highest BCUT2D eigenvalue weighted by molar-refractivity contribution is 6.46. The molecule has 0 saturated carbocycles. The molecule has 0 radical (unpaired) electrons. The van der Waals surface area contributed by atoms with Gasteiger partial charge in [0.1, 0.15) is 17.0 Å². The van der Waals surface area contributed by atoms with Gasteiger partial charge in [0.15, 0.2) is 5.71 Å². The van der Waals surface area contributed by atoms with Crippen molar-refractivity contribution in [2.24, 2.45) is 11.0 Å². The monoisotopic (exact) mass is 352 g/mol. The highest BCUT2D eigenvalue weighted by Crippen LogP contribution is 2.34. The molecule has 0 aromatic heterocycles. The third-order valence-electron chi connectivity index (χ3n) is 3.70. The van der Waals surface area contributed by atoms with E-state index in [9.17, 15) is 24.5 Å². The third kappa shape index (κ3) is 2.19. The van der Waals surface area contributed by atoms with Crippen molar-refractivity contribution in [2.45, 2.75) is 6.04 Å². The molecule has 3 rings (SSSR count). The van der Waals surface area contributed by atoms with E-state index in [1.165, 1.54) is 12.1 Å². The van der Waals surface area contributed by atoms with E-state index in [1.807, 2.05) is 0 Å². The second-order valence-electron chi connectivity index (χ2n) is 4.98. The summed E-state index contributed by atoms with van der Waals surface area (Å²) in [6.07, 6.45) is 0. The Morgan fingerprint density at radius 3 is 2.75 bits per heavy atom. The summed E-state index contributed by atoms with van der Waals surface area (Å²) in [6.45, 7) is 0. The van der Waals surface area contributed by atoms with Gasteiger partial charge in [0.2, 0.25) is 5.91 Å². The van der Waals surface area contributed by atoms with Crippen molar-refractivity contribution in [3.8, 4) is 0 Å². The Morgan fingerprint density at radius 2 is 2.12 bits per heavy atom. The van der Waals surface area contributed by atoms with Crippen LogP contribution in [0.4, 0.5) is 11.4 Å². The lowest BCUT2D eigenvalue weighted by atomic mass is 9.99. The highest BCUT2D eigenvalue weighted by Gasteiger charge is 2.55. The van der Waals surface area contributed by atoms with E-state index in [0.29, 0.717) is 0 Å². The number of rotatable bonds is 3. The van der Waals surface area contributed by atoms with Crippen LogP contribution in [0.5, 0.6) is 0 Å². The number of ether oxygens (including phenoxy) is 1. The molecular weight excluding hydrogens is 344 g/mol. The van der Waals surface area contributed by atoms with Crippen LogP contribution in [-0.4, -0.2) is 41.6 Å². The fourth-order valence-corrected chi connectivity index (χ4v) is 2.78. The Labute approximate surface area is 139 Å². The zero-order chi connectivity index (χ0) is 17.6. The van der Waals surface area contributed by atoms with Crippen LogP contribution in [0.1, 0.15) is 0 Å². The molecule has 1 aromatic carbocycles. The van der Waals surface area contributed by atoms with Gasteiger partial charge in [0, 0.05) is 6.07 Å². The molecule has 10 nitrogen and oxygen atoms in total. The van der Waals surface area contributed by atoms with Crippen LogP contribution in [0.25, 0.3) is 0 Å². The Morgan fingerprint density at radius 1 is 1.42 bits per heavy atom. The molecule has 2 heterocycles. The van der Waals surface area contributed by atoms with Crippen LogP contribution in [0.15, 0.2) is 23.3 Å². The first kappa shape index (κ1) is 15.9. The number of carbonyl (C=O) groups is 3. The van der Waals surface area contributed by atoms with Crippen molar-refractivity contribution in [2.75, 3.05) is 12.0 Å². The summed E-state index contributed by atoms with van der Waals surface area (Å²) in [5.74, 6) is -3.38. The van der Waals surface area contributed by atoms with Crippen molar-refractivity contribution >= 4 is 46.5 Å². The summed E-state index contributed by atoms with van der Waals surface area (Å²) in [6, 6.07) is 2.49. The SMILES string of the molecule is COC(=O)C1=NN[C@@H]2C(=O)N(c3ccc(Cl)c([N+](=O)[O-])c3)C(=O)[C@@H]12. The molecule has 1 aromatic rings. The number of fused-ring (bicyclic) bond motifs is 1. The number of amides is 2. The standard InChI is InChI=1S/C13H9ClN4O6/c1-24-13(21)10-8-9(15-16-10)12(20)17(11(8)19)5-2-3-6(14)7(4-5)18(22)23/h2-4,8-9,15H,1H3/t8-,9+/m1/s1. The zero-order valence-electron chi connectivity index (χ0n) is 12.1. The Bertz CT molecular complexity index is 823. The molecule has 24 heavy (non-hydrogen) atoms. The largest absolute Gasteiger partial charge is 0.464 e. The van der Waals surface area contributed by atoms with Crippen molar-refractivity contribution in [3.63, 3.8) is 0 Å². The van der Waals surface area contributed by atoms with Gasteiger partial charge < -0.3 is 4.74 Å². The molecule has 2 amide bonds. The number of nitrogens with one attached hydrogen (secondary N) is 1. The quantitative estimate of drug-likeness (QED) is 0.356. The number of halogens is 1. The molecule has 11 heteroatoms. The minimum Gasteiger partial charge on any atom is -0.464 e. The first-order valence-electron chi connectivity index (χ1n) is 6.60. The van der Waals surface area contributed by atoms with Crippen molar-refractivity contribution in [1.29, 1.82) is 0 Å². The van der Waals surface area contributed by atoms with Gasteiger partial charge in [-0.25, -0.2) is 9.69 Å². The number of hydrazone groups is 1. The number of nitro benzene ring substituents is 1.